The van der Waals surface area contributed by atoms with Crippen LogP contribution in [0.25, 0.3) is 11.1 Å². The van der Waals surface area contributed by atoms with Crippen molar-refractivity contribution in [2.24, 2.45) is 5.92 Å². The number of rotatable bonds is 5. The average molecular weight is 548 g/mol. The third kappa shape index (κ3) is 4.94. The highest BCUT2D eigenvalue weighted by Crippen LogP contribution is 2.43. The summed E-state index contributed by atoms with van der Waals surface area (Å²) in [5, 5.41) is 16.2. The highest BCUT2D eigenvalue weighted by atomic mass is 19.1. The van der Waals surface area contributed by atoms with Crippen molar-refractivity contribution in [3.63, 3.8) is 0 Å². The molecule has 2 aromatic carbocycles. The number of aromatic nitrogens is 2. The van der Waals surface area contributed by atoms with Gasteiger partial charge in [-0.25, -0.2) is 9.37 Å². The van der Waals surface area contributed by atoms with Gasteiger partial charge in [0.2, 0.25) is 5.75 Å². The fourth-order valence-electron chi connectivity index (χ4n) is 5.58. The molecule has 3 aromatic rings. The second-order valence-corrected chi connectivity index (χ2v) is 10.6. The Labute approximate surface area is 229 Å². The number of amides is 3. The van der Waals surface area contributed by atoms with Gasteiger partial charge < -0.3 is 20.6 Å². The first kappa shape index (κ1) is 27.0. The van der Waals surface area contributed by atoms with Crippen LogP contribution in [-0.4, -0.2) is 51.4 Å². The van der Waals surface area contributed by atoms with Gasteiger partial charge in [-0.2, -0.15) is 0 Å². The van der Waals surface area contributed by atoms with Gasteiger partial charge >= 0.3 is 11.8 Å². The number of nitrogens with one attached hydrogen (secondary N) is 2. The van der Waals surface area contributed by atoms with Gasteiger partial charge in [0.25, 0.3) is 11.5 Å². The first-order valence-corrected chi connectivity index (χ1v) is 13.1. The van der Waals surface area contributed by atoms with Crippen molar-refractivity contribution in [3.8, 4) is 16.9 Å². The number of hydrogen-bond acceptors (Lipinski definition) is 6. The van der Waals surface area contributed by atoms with Crippen LogP contribution < -0.4 is 16.2 Å². The molecule has 3 amide bonds. The smallest absolute Gasteiger partial charge is 0.311 e. The summed E-state index contributed by atoms with van der Waals surface area (Å²) >= 11 is 0. The fourth-order valence-corrected chi connectivity index (χ4v) is 5.58. The molecule has 3 aliphatic rings. The molecule has 1 fully saturated rings. The molecule has 10 nitrogen and oxygen atoms in total. The summed E-state index contributed by atoms with van der Waals surface area (Å²) in [6, 6.07) is 13.4. The largest absolute Gasteiger partial charge is 0.501 e. The van der Waals surface area contributed by atoms with Crippen molar-refractivity contribution in [2.45, 2.75) is 44.3 Å². The molecule has 2 aliphatic heterocycles. The molecule has 1 saturated carbocycles. The molecule has 0 unspecified atom stereocenters. The van der Waals surface area contributed by atoms with E-state index < -0.39 is 46.1 Å². The lowest BCUT2D eigenvalue weighted by Gasteiger charge is -2.37. The first-order valence-electron chi connectivity index (χ1n) is 13.1. The van der Waals surface area contributed by atoms with Crippen molar-refractivity contribution >= 4 is 17.7 Å². The lowest BCUT2D eigenvalue weighted by Crippen LogP contribution is -2.53. The quantitative estimate of drug-likeness (QED) is 0.420. The summed E-state index contributed by atoms with van der Waals surface area (Å²) in [5.74, 6) is -3.34. The molecule has 3 heterocycles. The molecule has 11 heteroatoms. The van der Waals surface area contributed by atoms with E-state index in [9.17, 15) is 28.7 Å². The van der Waals surface area contributed by atoms with Gasteiger partial charge in [0.15, 0.2) is 5.69 Å². The van der Waals surface area contributed by atoms with E-state index in [1.807, 2.05) is 30.3 Å². The molecule has 0 saturated heterocycles. The third-order valence-electron chi connectivity index (χ3n) is 7.74. The van der Waals surface area contributed by atoms with E-state index in [4.69, 9.17) is 0 Å². The minimum Gasteiger partial charge on any atom is -0.501 e. The van der Waals surface area contributed by atoms with Gasteiger partial charge in [-0.3, -0.25) is 23.7 Å². The zero-order chi connectivity index (χ0) is 28.6. The van der Waals surface area contributed by atoms with E-state index in [1.165, 1.54) is 30.8 Å². The van der Waals surface area contributed by atoms with Crippen LogP contribution in [0.2, 0.25) is 0 Å². The molecule has 3 N–H and O–H groups in total. The highest BCUT2D eigenvalue weighted by Gasteiger charge is 2.46. The van der Waals surface area contributed by atoms with Crippen molar-refractivity contribution in [3.05, 3.63) is 81.8 Å². The number of halogens is 1. The molecule has 0 radical (unpaired) electrons. The molecule has 1 aromatic heterocycles. The molecule has 40 heavy (non-hydrogen) atoms. The second-order valence-electron chi connectivity index (χ2n) is 10.6. The average Bonchev–Trinajstić information content (AvgIpc) is 3.20. The van der Waals surface area contributed by atoms with Crippen LogP contribution in [0.4, 0.5) is 4.39 Å². The molecule has 6 rings (SSSR count). The number of benzene rings is 2. The predicted molar refractivity (Wildman–Crippen MR) is 144 cm³/mol. The summed E-state index contributed by atoms with van der Waals surface area (Å²) in [6.07, 6.45) is 2.21. The number of likely N-dealkylation sites (N-methyl/N-ethyl adjacent to an activating group) is 1. The normalized spacial score (nSPS) is 19.3. The highest BCUT2D eigenvalue weighted by molar-refractivity contribution is 6.35. The van der Waals surface area contributed by atoms with Gasteiger partial charge in [-0.05, 0) is 60.4 Å². The van der Waals surface area contributed by atoms with E-state index in [2.05, 4.69) is 15.6 Å². The maximum absolute atomic E-state index is 14.1. The van der Waals surface area contributed by atoms with Crippen LogP contribution in [-0.2, 0) is 28.2 Å². The van der Waals surface area contributed by atoms with E-state index in [0.29, 0.717) is 36.8 Å². The zero-order valence-electron chi connectivity index (χ0n) is 22.2. The van der Waals surface area contributed by atoms with Crippen molar-refractivity contribution < 1.29 is 23.9 Å². The van der Waals surface area contributed by atoms with Gasteiger partial charge in [-0.15, -0.1) is 0 Å². The van der Waals surface area contributed by atoms with Gasteiger partial charge in [-0.1, -0.05) is 36.4 Å². The Kier molecular flexibility index (Phi) is 7.14. The van der Waals surface area contributed by atoms with Crippen LogP contribution >= 0.6 is 0 Å². The zero-order valence-corrected chi connectivity index (χ0v) is 22.2. The lowest BCUT2D eigenvalue weighted by molar-refractivity contribution is -0.145. The Morgan fingerprint density at radius 2 is 1.82 bits per heavy atom. The number of fused-ring (bicyclic) bond motifs is 2. The summed E-state index contributed by atoms with van der Waals surface area (Å²) < 4.78 is 15.4. The Morgan fingerprint density at radius 3 is 2.50 bits per heavy atom. The summed E-state index contributed by atoms with van der Waals surface area (Å²) in [5.41, 5.74) is -0.433. The lowest BCUT2D eigenvalue weighted by atomic mass is 9.77. The minimum atomic E-state index is -1.14. The summed E-state index contributed by atoms with van der Waals surface area (Å²) in [4.78, 5) is 57.3. The second kappa shape index (κ2) is 10.6. The summed E-state index contributed by atoms with van der Waals surface area (Å²) in [6.45, 7) is 0.260. The van der Waals surface area contributed by atoms with Gasteiger partial charge in [0, 0.05) is 27.2 Å². The minimum absolute atomic E-state index is 0.0236. The van der Waals surface area contributed by atoms with Gasteiger partial charge in [0.05, 0.1) is 5.54 Å². The molecular weight excluding hydrogens is 517 g/mol. The Morgan fingerprint density at radius 1 is 1.12 bits per heavy atom. The molecule has 1 aliphatic carbocycles. The van der Waals surface area contributed by atoms with Crippen molar-refractivity contribution in [1.29, 1.82) is 0 Å². The number of carbonyl (C=O) groups excluding carboxylic acids is 3. The van der Waals surface area contributed by atoms with Crippen molar-refractivity contribution in [2.75, 3.05) is 14.1 Å². The van der Waals surface area contributed by atoms with E-state index in [-0.39, 0.29) is 24.8 Å². The SMILES string of the molecule is CN(C)C(=O)C(=O)NC12CCC(CC1)Cn1c2nc(C(=O)NCc2ccc(F)cc2-c2ccccc2)c(O)c1=O. The Balaban J connectivity index is 1.48. The van der Waals surface area contributed by atoms with Gasteiger partial charge in [0.1, 0.15) is 11.6 Å². The molecule has 0 atom stereocenters. The Hall–Kier alpha value is -4.54. The fraction of sp³-hybridized carbons (Fsp3) is 0.345. The summed E-state index contributed by atoms with van der Waals surface area (Å²) in [7, 11) is 2.93. The molecular formula is C29H30FN5O5. The number of nitrogens with zero attached hydrogens (tertiary/aromatic N) is 3. The number of hydrogen-bond donors (Lipinski definition) is 3. The molecule has 2 bridgehead atoms. The van der Waals surface area contributed by atoms with Crippen LogP contribution in [0.15, 0.2) is 53.3 Å². The number of aromatic hydroxyl groups is 1. The monoisotopic (exact) mass is 547 g/mol. The van der Waals surface area contributed by atoms with E-state index in [1.54, 1.807) is 6.07 Å². The van der Waals surface area contributed by atoms with E-state index in [0.717, 1.165) is 10.5 Å². The maximum Gasteiger partial charge on any atom is 0.311 e. The van der Waals surface area contributed by atoms with Crippen LogP contribution in [0.3, 0.4) is 0 Å². The first-order chi connectivity index (χ1) is 19.1. The molecule has 208 valence electrons. The molecule has 0 spiro atoms. The number of carbonyl (C=O) groups is 3. The van der Waals surface area contributed by atoms with Crippen LogP contribution in [0.1, 0.15) is 47.6 Å². The third-order valence-corrected chi connectivity index (χ3v) is 7.74. The standard InChI is InChI=1S/C29H30FN5O5/c1-34(2)27(40)25(38)33-29-12-10-17(11-13-29)16-35-26(39)23(36)22(32-28(29)35)24(37)31-15-19-8-9-20(30)14-21(19)18-6-4-3-5-7-18/h3-9,14,17,36H,10-13,15-16H2,1-2H3,(H,31,37)(H,33,38). The topological polar surface area (TPSA) is 134 Å². The van der Waals surface area contributed by atoms with Crippen LogP contribution in [0, 0.1) is 11.7 Å². The van der Waals surface area contributed by atoms with Crippen molar-refractivity contribution in [1.82, 2.24) is 25.1 Å². The maximum atomic E-state index is 14.1. The Bertz CT molecular complexity index is 1540. The predicted octanol–water partition coefficient (Wildman–Crippen LogP) is 2.29. The van der Waals surface area contributed by atoms with E-state index >= 15 is 0 Å². The van der Waals surface area contributed by atoms with Crippen LogP contribution in [0.5, 0.6) is 5.75 Å².